The van der Waals surface area contributed by atoms with E-state index in [4.69, 9.17) is 0 Å². The lowest BCUT2D eigenvalue weighted by Crippen LogP contribution is -2.29. The zero-order valence-corrected chi connectivity index (χ0v) is 11.1. The molecule has 1 saturated heterocycles. The Balaban J connectivity index is 2.35. The number of hydrogen-bond acceptors (Lipinski definition) is 4. The first-order valence-corrected chi connectivity index (χ1v) is 6.58. The van der Waals surface area contributed by atoms with Crippen molar-refractivity contribution in [3.8, 4) is 0 Å². The Morgan fingerprint density at radius 3 is 2.58 bits per heavy atom. The predicted molar refractivity (Wildman–Crippen MR) is 72.7 cm³/mol. The summed E-state index contributed by atoms with van der Waals surface area (Å²) in [4.78, 5) is 32.7. The second-order valence-corrected chi connectivity index (χ2v) is 4.84. The molecule has 2 aromatic heterocycles. The van der Waals surface area contributed by atoms with Crippen LogP contribution in [0.2, 0.25) is 0 Å². The number of aromatic nitrogens is 4. The smallest absolute Gasteiger partial charge is 0.329 e. The molecule has 0 saturated carbocycles. The fraction of sp³-hybridized carbons (Fsp3) is 0.583. The Morgan fingerprint density at radius 1 is 1.26 bits per heavy atom. The first kappa shape index (κ1) is 12.0. The number of hydrogen-bond donors (Lipinski definition) is 1. The second-order valence-electron chi connectivity index (χ2n) is 4.84. The summed E-state index contributed by atoms with van der Waals surface area (Å²) in [5.74, 6) is 0.793. The van der Waals surface area contributed by atoms with E-state index in [1.807, 2.05) is 11.5 Å². The van der Waals surface area contributed by atoms with Gasteiger partial charge in [-0.25, -0.2) is 4.79 Å². The zero-order valence-electron chi connectivity index (χ0n) is 11.1. The minimum Gasteiger partial charge on any atom is -0.342 e. The van der Waals surface area contributed by atoms with Gasteiger partial charge in [-0.3, -0.25) is 14.3 Å². The highest BCUT2D eigenvalue weighted by Crippen LogP contribution is 2.22. The number of aromatic amines is 1. The molecule has 0 unspecified atom stereocenters. The average Bonchev–Trinajstić information content (AvgIpc) is 3.02. The minimum atomic E-state index is -0.425. The molecule has 0 aromatic carbocycles. The van der Waals surface area contributed by atoms with Crippen LogP contribution >= 0.6 is 0 Å². The fourth-order valence-corrected chi connectivity index (χ4v) is 2.68. The summed E-state index contributed by atoms with van der Waals surface area (Å²) in [6, 6.07) is 0. The van der Waals surface area contributed by atoms with Crippen LogP contribution in [0.25, 0.3) is 11.2 Å². The van der Waals surface area contributed by atoms with Crippen molar-refractivity contribution in [3.63, 3.8) is 0 Å². The van der Waals surface area contributed by atoms with Gasteiger partial charge in [0.05, 0.1) is 0 Å². The van der Waals surface area contributed by atoms with Crippen molar-refractivity contribution in [2.45, 2.75) is 26.3 Å². The molecular formula is C12H17N5O2. The SMILES string of the molecule is CCn1c(N2CCCC2)nc2c1c(=O)[nH]c(=O)n2C. The van der Waals surface area contributed by atoms with E-state index in [-0.39, 0.29) is 5.56 Å². The van der Waals surface area contributed by atoms with Crippen LogP contribution in [0.3, 0.4) is 0 Å². The molecule has 3 heterocycles. The highest BCUT2D eigenvalue weighted by Gasteiger charge is 2.22. The topological polar surface area (TPSA) is 75.9 Å². The molecule has 7 heteroatoms. The molecular weight excluding hydrogens is 246 g/mol. The Morgan fingerprint density at radius 2 is 1.95 bits per heavy atom. The van der Waals surface area contributed by atoms with E-state index in [1.165, 1.54) is 4.57 Å². The molecule has 0 amide bonds. The van der Waals surface area contributed by atoms with Crippen LogP contribution < -0.4 is 16.1 Å². The highest BCUT2D eigenvalue weighted by atomic mass is 16.2. The summed E-state index contributed by atoms with van der Waals surface area (Å²) in [6.07, 6.45) is 2.28. The van der Waals surface area contributed by atoms with E-state index in [0.717, 1.165) is 31.9 Å². The van der Waals surface area contributed by atoms with E-state index in [0.29, 0.717) is 17.7 Å². The maximum absolute atomic E-state index is 12.0. The van der Waals surface area contributed by atoms with Gasteiger partial charge in [0, 0.05) is 26.7 Å². The quantitative estimate of drug-likeness (QED) is 0.830. The molecule has 7 nitrogen and oxygen atoms in total. The highest BCUT2D eigenvalue weighted by molar-refractivity contribution is 5.74. The number of imidazole rings is 1. The van der Waals surface area contributed by atoms with Crippen molar-refractivity contribution in [1.82, 2.24) is 19.1 Å². The second kappa shape index (κ2) is 4.25. The van der Waals surface area contributed by atoms with Crippen LogP contribution in [-0.2, 0) is 13.6 Å². The summed E-state index contributed by atoms with van der Waals surface area (Å²) >= 11 is 0. The van der Waals surface area contributed by atoms with Gasteiger partial charge in [0.25, 0.3) is 5.56 Å². The number of anilines is 1. The van der Waals surface area contributed by atoms with Crippen LogP contribution in [-0.4, -0.2) is 32.2 Å². The molecule has 3 rings (SSSR count). The maximum Gasteiger partial charge on any atom is 0.329 e. The molecule has 0 atom stereocenters. The first-order chi connectivity index (χ1) is 9.13. The number of nitrogens with zero attached hydrogens (tertiary/aromatic N) is 4. The molecule has 1 aliphatic heterocycles. The molecule has 0 aliphatic carbocycles. The predicted octanol–water partition coefficient (Wildman–Crippen LogP) is 0.0434. The van der Waals surface area contributed by atoms with Crippen LogP contribution in [0, 0.1) is 0 Å². The third-order valence-corrected chi connectivity index (χ3v) is 3.69. The van der Waals surface area contributed by atoms with E-state index >= 15 is 0 Å². The zero-order chi connectivity index (χ0) is 13.6. The van der Waals surface area contributed by atoms with E-state index < -0.39 is 5.69 Å². The molecule has 0 bridgehead atoms. The Hall–Kier alpha value is -2.05. The monoisotopic (exact) mass is 263 g/mol. The van der Waals surface area contributed by atoms with E-state index in [9.17, 15) is 9.59 Å². The number of nitrogens with one attached hydrogen (secondary N) is 1. The Labute approximate surface area is 109 Å². The summed E-state index contributed by atoms with van der Waals surface area (Å²) < 4.78 is 3.28. The lowest BCUT2D eigenvalue weighted by Gasteiger charge is -2.17. The number of fused-ring (bicyclic) bond motifs is 1. The number of aryl methyl sites for hydroxylation is 2. The van der Waals surface area contributed by atoms with Crippen molar-refractivity contribution in [2.24, 2.45) is 7.05 Å². The van der Waals surface area contributed by atoms with Crippen molar-refractivity contribution in [2.75, 3.05) is 18.0 Å². The Bertz CT molecular complexity index is 733. The molecule has 1 fully saturated rings. The van der Waals surface area contributed by atoms with Gasteiger partial charge in [0.15, 0.2) is 11.2 Å². The van der Waals surface area contributed by atoms with Gasteiger partial charge in [-0.05, 0) is 19.8 Å². The van der Waals surface area contributed by atoms with Gasteiger partial charge in [-0.2, -0.15) is 4.98 Å². The number of H-pyrrole nitrogens is 1. The third kappa shape index (κ3) is 1.68. The van der Waals surface area contributed by atoms with E-state index in [2.05, 4.69) is 14.9 Å². The van der Waals surface area contributed by atoms with E-state index in [1.54, 1.807) is 7.05 Å². The molecule has 2 aromatic rings. The summed E-state index contributed by atoms with van der Waals surface area (Å²) in [6.45, 7) is 4.54. The standard InChI is InChI=1S/C12H17N5O2/c1-3-17-8-9(15(2)12(19)14-10(8)18)13-11(17)16-6-4-5-7-16/h3-7H2,1-2H3,(H,14,18,19). The molecule has 1 aliphatic rings. The first-order valence-electron chi connectivity index (χ1n) is 6.58. The van der Waals surface area contributed by atoms with Gasteiger partial charge < -0.3 is 9.47 Å². The van der Waals surface area contributed by atoms with Crippen LogP contribution in [0.4, 0.5) is 5.95 Å². The number of rotatable bonds is 2. The summed E-state index contributed by atoms with van der Waals surface area (Å²) in [5.41, 5.74) is 0.146. The van der Waals surface area contributed by atoms with Gasteiger partial charge in [-0.15, -0.1) is 0 Å². The van der Waals surface area contributed by atoms with Gasteiger partial charge in [0.2, 0.25) is 5.95 Å². The van der Waals surface area contributed by atoms with Crippen LogP contribution in [0.15, 0.2) is 9.59 Å². The van der Waals surface area contributed by atoms with Crippen molar-refractivity contribution in [3.05, 3.63) is 20.8 Å². The maximum atomic E-state index is 12.0. The molecule has 0 spiro atoms. The molecule has 102 valence electrons. The molecule has 19 heavy (non-hydrogen) atoms. The van der Waals surface area contributed by atoms with Crippen LogP contribution in [0.1, 0.15) is 19.8 Å². The molecule has 0 radical (unpaired) electrons. The molecule has 1 N–H and O–H groups in total. The van der Waals surface area contributed by atoms with Crippen molar-refractivity contribution >= 4 is 17.1 Å². The van der Waals surface area contributed by atoms with Gasteiger partial charge in [0.1, 0.15) is 0 Å². The van der Waals surface area contributed by atoms with Gasteiger partial charge in [-0.1, -0.05) is 0 Å². The summed E-state index contributed by atoms with van der Waals surface area (Å²) in [5, 5.41) is 0. The lowest BCUT2D eigenvalue weighted by molar-refractivity contribution is 0.746. The largest absolute Gasteiger partial charge is 0.342 e. The summed E-state index contributed by atoms with van der Waals surface area (Å²) in [7, 11) is 1.63. The van der Waals surface area contributed by atoms with Crippen molar-refractivity contribution < 1.29 is 0 Å². The third-order valence-electron chi connectivity index (χ3n) is 3.69. The van der Waals surface area contributed by atoms with Gasteiger partial charge >= 0.3 is 5.69 Å². The normalized spacial score (nSPS) is 15.6. The van der Waals surface area contributed by atoms with Crippen LogP contribution in [0.5, 0.6) is 0 Å². The average molecular weight is 263 g/mol. The van der Waals surface area contributed by atoms with Crippen molar-refractivity contribution in [1.29, 1.82) is 0 Å². The Kier molecular flexibility index (Phi) is 2.69. The fourth-order valence-electron chi connectivity index (χ4n) is 2.68. The minimum absolute atomic E-state index is 0.363. The lowest BCUT2D eigenvalue weighted by atomic mass is 10.4.